The lowest BCUT2D eigenvalue weighted by molar-refractivity contribution is -0.167. The summed E-state index contributed by atoms with van der Waals surface area (Å²) in [6.45, 7) is 6.32. The van der Waals surface area contributed by atoms with E-state index in [2.05, 4.69) is 191 Å². The number of unbranched alkanes of at least 4 members (excludes halogenated alkanes) is 17. The van der Waals surface area contributed by atoms with Gasteiger partial charge in [-0.2, -0.15) is 0 Å². The van der Waals surface area contributed by atoms with Crippen LogP contribution in [0.25, 0.3) is 0 Å². The minimum Gasteiger partial charge on any atom is -0.462 e. The van der Waals surface area contributed by atoms with Gasteiger partial charge in [-0.05, 0) is 122 Å². The van der Waals surface area contributed by atoms with E-state index < -0.39 is 6.10 Å². The molecular formula is C74H116O6. The fraction of sp³-hybridized carbons (Fsp3) is 0.581. The molecule has 448 valence electrons. The first kappa shape index (κ1) is 74.8. The largest absolute Gasteiger partial charge is 0.462 e. The summed E-state index contributed by atoms with van der Waals surface area (Å²) in [5.74, 6) is -1.05. The van der Waals surface area contributed by atoms with Crippen molar-refractivity contribution < 1.29 is 28.6 Å². The van der Waals surface area contributed by atoms with Gasteiger partial charge in [-0.3, -0.25) is 14.4 Å². The third kappa shape index (κ3) is 63.6. The highest BCUT2D eigenvalue weighted by molar-refractivity contribution is 5.71. The molecule has 0 aliphatic carbocycles. The Morgan fingerprint density at radius 1 is 0.263 bits per heavy atom. The molecule has 0 spiro atoms. The van der Waals surface area contributed by atoms with E-state index in [1.165, 1.54) is 83.5 Å². The number of allylic oxidation sites excluding steroid dienone is 28. The molecule has 0 aliphatic rings. The van der Waals surface area contributed by atoms with E-state index in [1.54, 1.807) is 0 Å². The van der Waals surface area contributed by atoms with Crippen molar-refractivity contribution in [3.63, 3.8) is 0 Å². The molecule has 1 atom stereocenters. The van der Waals surface area contributed by atoms with Crippen molar-refractivity contribution in [2.45, 2.75) is 264 Å². The second-order valence-corrected chi connectivity index (χ2v) is 20.6. The average molecular weight is 1100 g/mol. The number of carbonyl (C=O) groups is 3. The second-order valence-electron chi connectivity index (χ2n) is 20.6. The monoisotopic (exact) mass is 1100 g/mol. The zero-order valence-electron chi connectivity index (χ0n) is 51.3. The Labute approximate surface area is 492 Å². The van der Waals surface area contributed by atoms with Gasteiger partial charge in [0.15, 0.2) is 6.10 Å². The van der Waals surface area contributed by atoms with E-state index in [0.29, 0.717) is 19.3 Å². The summed E-state index contributed by atoms with van der Waals surface area (Å²) < 4.78 is 16.8. The number of esters is 3. The van der Waals surface area contributed by atoms with Crippen LogP contribution < -0.4 is 0 Å². The Morgan fingerprint density at radius 3 is 0.762 bits per heavy atom. The van der Waals surface area contributed by atoms with Gasteiger partial charge < -0.3 is 14.2 Å². The summed E-state index contributed by atoms with van der Waals surface area (Å²) in [7, 11) is 0. The fourth-order valence-electron chi connectivity index (χ4n) is 8.24. The highest BCUT2D eigenvalue weighted by Gasteiger charge is 2.19. The maximum atomic E-state index is 12.9. The van der Waals surface area contributed by atoms with E-state index in [9.17, 15) is 14.4 Å². The minimum absolute atomic E-state index is 0.124. The zero-order chi connectivity index (χ0) is 57.8. The van der Waals surface area contributed by atoms with Crippen LogP contribution in [0.4, 0.5) is 0 Å². The maximum absolute atomic E-state index is 12.9. The first-order valence-electron chi connectivity index (χ1n) is 32.1. The van der Waals surface area contributed by atoms with Crippen LogP contribution in [-0.4, -0.2) is 37.2 Å². The highest BCUT2D eigenvalue weighted by atomic mass is 16.6. The quantitative estimate of drug-likeness (QED) is 0.0261. The SMILES string of the molecule is CC/C=C\C/C=C\C/C=C\C/C=C\C/C=C\C/C=C\C/C=C\C/C=C\C/C=C\CCCC(=O)OCC(COC(=O)CCCCCCCCCCCCCCCCCC)OC(=O)CCC/C=C\C/C=C\C/C=C\C/C=C\C/C=C\CC. The summed E-state index contributed by atoms with van der Waals surface area (Å²) >= 11 is 0. The van der Waals surface area contributed by atoms with Gasteiger partial charge in [0.2, 0.25) is 0 Å². The molecule has 0 saturated heterocycles. The molecule has 0 saturated carbocycles. The lowest BCUT2D eigenvalue weighted by Crippen LogP contribution is -2.30. The third-order valence-electron chi connectivity index (χ3n) is 13.0. The van der Waals surface area contributed by atoms with Crippen LogP contribution in [-0.2, 0) is 28.6 Å². The van der Waals surface area contributed by atoms with Gasteiger partial charge >= 0.3 is 17.9 Å². The standard InChI is InChI=1S/C74H116O6/c1-4-7-10-13-16-19-22-25-28-31-32-33-34-35-36-37-38-39-40-41-42-44-46-49-52-55-58-61-64-67-73(76)79-70-71(69-78-72(75)66-63-60-57-54-51-48-45-30-27-24-21-18-15-12-9-6-3)80-74(77)68-65-62-59-56-53-50-47-43-29-26-23-20-17-14-11-8-5-2/h7-8,10-11,16-17,19-20,25-26,28-29,32-33,35-36,38-39,41-42,46-47,49-50,55-56,58-59,71H,4-6,9,12-15,18,21-24,27,30-31,34,37,40,43-45,48,51-54,57,60-70H2,1-3H3/b10-7-,11-8-,19-16-,20-17-,28-25-,29-26-,33-32-,36-35-,39-38-,42-41-,49-46-,50-47-,58-55-,59-56-. The maximum Gasteiger partial charge on any atom is 0.306 e. The molecular weight excluding hydrogens is 985 g/mol. The van der Waals surface area contributed by atoms with Gasteiger partial charge in [0.05, 0.1) is 0 Å². The summed E-state index contributed by atoms with van der Waals surface area (Å²) in [5.41, 5.74) is 0. The van der Waals surface area contributed by atoms with Crippen molar-refractivity contribution in [2.75, 3.05) is 13.2 Å². The first-order chi connectivity index (χ1) is 39.5. The lowest BCUT2D eigenvalue weighted by Gasteiger charge is -2.18. The molecule has 0 fully saturated rings. The van der Waals surface area contributed by atoms with Gasteiger partial charge in [0.25, 0.3) is 0 Å². The second kappa shape index (κ2) is 66.3. The molecule has 6 heteroatoms. The lowest BCUT2D eigenvalue weighted by atomic mass is 10.0. The molecule has 0 heterocycles. The Hall–Kier alpha value is -5.23. The molecule has 0 radical (unpaired) electrons. The fourth-order valence-corrected chi connectivity index (χ4v) is 8.24. The van der Waals surface area contributed by atoms with E-state index in [-0.39, 0.29) is 44.0 Å². The van der Waals surface area contributed by atoms with Crippen LogP contribution >= 0.6 is 0 Å². The molecule has 0 aliphatic heterocycles. The number of rotatable bonds is 56. The number of carbonyl (C=O) groups excluding carboxylic acids is 3. The molecule has 0 aromatic carbocycles. The van der Waals surface area contributed by atoms with E-state index in [1.807, 2.05) is 0 Å². The van der Waals surface area contributed by atoms with Crippen LogP contribution in [0.15, 0.2) is 170 Å². The van der Waals surface area contributed by atoms with Crippen molar-refractivity contribution >= 4 is 17.9 Å². The Balaban J connectivity index is 4.54. The Morgan fingerprint density at radius 2 is 0.487 bits per heavy atom. The van der Waals surface area contributed by atoms with Gasteiger partial charge in [-0.1, -0.05) is 287 Å². The van der Waals surface area contributed by atoms with Gasteiger partial charge in [-0.25, -0.2) is 0 Å². The van der Waals surface area contributed by atoms with Gasteiger partial charge in [0, 0.05) is 19.3 Å². The molecule has 0 amide bonds. The average Bonchev–Trinajstić information content (AvgIpc) is 3.46. The molecule has 1 unspecified atom stereocenters. The van der Waals surface area contributed by atoms with E-state index in [0.717, 1.165) is 122 Å². The Kier molecular flexibility index (Phi) is 61.9. The predicted octanol–water partition coefficient (Wildman–Crippen LogP) is 22.3. The van der Waals surface area contributed by atoms with E-state index in [4.69, 9.17) is 14.2 Å². The normalized spacial score (nSPS) is 13.3. The first-order valence-corrected chi connectivity index (χ1v) is 32.1. The van der Waals surface area contributed by atoms with Crippen LogP contribution in [0.5, 0.6) is 0 Å². The van der Waals surface area contributed by atoms with Crippen molar-refractivity contribution in [3.8, 4) is 0 Å². The van der Waals surface area contributed by atoms with Crippen LogP contribution in [0, 0.1) is 0 Å². The summed E-state index contributed by atoms with van der Waals surface area (Å²) in [6.07, 6.45) is 98.0. The molecule has 0 bridgehead atoms. The number of hydrogen-bond acceptors (Lipinski definition) is 6. The summed E-state index contributed by atoms with van der Waals surface area (Å²) in [5, 5.41) is 0. The Bertz CT molecular complexity index is 1840. The van der Waals surface area contributed by atoms with Crippen molar-refractivity contribution in [2.24, 2.45) is 0 Å². The van der Waals surface area contributed by atoms with Gasteiger partial charge in [-0.15, -0.1) is 0 Å². The highest BCUT2D eigenvalue weighted by Crippen LogP contribution is 2.15. The molecule has 80 heavy (non-hydrogen) atoms. The molecule has 0 aromatic heterocycles. The topological polar surface area (TPSA) is 78.9 Å². The summed E-state index contributed by atoms with van der Waals surface area (Å²) in [4.78, 5) is 38.3. The molecule has 6 nitrogen and oxygen atoms in total. The predicted molar refractivity (Wildman–Crippen MR) is 348 cm³/mol. The van der Waals surface area contributed by atoms with Crippen LogP contribution in [0.1, 0.15) is 258 Å². The van der Waals surface area contributed by atoms with Crippen LogP contribution in [0.2, 0.25) is 0 Å². The molecule has 0 rings (SSSR count). The number of ether oxygens (including phenoxy) is 3. The minimum atomic E-state index is -0.840. The van der Waals surface area contributed by atoms with Crippen molar-refractivity contribution in [3.05, 3.63) is 170 Å². The number of hydrogen-bond donors (Lipinski definition) is 0. The molecule has 0 aromatic rings. The zero-order valence-corrected chi connectivity index (χ0v) is 51.3. The van der Waals surface area contributed by atoms with Crippen LogP contribution in [0.3, 0.4) is 0 Å². The van der Waals surface area contributed by atoms with E-state index >= 15 is 0 Å². The van der Waals surface area contributed by atoms with Gasteiger partial charge in [0.1, 0.15) is 13.2 Å². The molecule has 0 N–H and O–H groups in total. The smallest absolute Gasteiger partial charge is 0.306 e. The third-order valence-corrected chi connectivity index (χ3v) is 13.0. The summed E-state index contributed by atoms with van der Waals surface area (Å²) in [6, 6.07) is 0. The van der Waals surface area contributed by atoms with Crippen molar-refractivity contribution in [1.29, 1.82) is 0 Å². The van der Waals surface area contributed by atoms with Crippen molar-refractivity contribution in [1.82, 2.24) is 0 Å².